The molecule has 0 saturated heterocycles. The Kier molecular flexibility index (Phi) is 6.13. The van der Waals surface area contributed by atoms with Crippen molar-refractivity contribution in [2.24, 2.45) is 0 Å². The first-order valence-corrected chi connectivity index (χ1v) is 10.1. The number of hydrogen-bond donors (Lipinski definition) is 2. The lowest BCUT2D eigenvalue weighted by Crippen LogP contribution is -2.36. The number of nitrogens with one attached hydrogen (secondary N) is 1. The van der Waals surface area contributed by atoms with Gasteiger partial charge in [0.2, 0.25) is 0 Å². The van der Waals surface area contributed by atoms with Gasteiger partial charge in [-0.25, -0.2) is 0 Å². The lowest BCUT2D eigenvalue weighted by Gasteiger charge is -2.27. The summed E-state index contributed by atoms with van der Waals surface area (Å²) in [6.07, 6.45) is 6.99. The maximum atomic E-state index is 10.4. The van der Waals surface area contributed by atoms with Gasteiger partial charge in [-0.05, 0) is 49.1 Å². The molecule has 0 aliphatic heterocycles. The van der Waals surface area contributed by atoms with Crippen LogP contribution >= 0.6 is 0 Å². The molecule has 2 aliphatic rings. The number of methoxy groups -OCH3 is 1. The maximum Gasteiger partial charge on any atom is 0.126 e. The Morgan fingerprint density at radius 3 is 2.42 bits per heavy atom. The fourth-order valence-corrected chi connectivity index (χ4v) is 3.83. The van der Waals surface area contributed by atoms with Gasteiger partial charge in [-0.3, -0.25) is 0 Å². The number of aliphatic hydroxyl groups is 1. The molecule has 0 amide bonds. The lowest BCUT2D eigenvalue weighted by atomic mass is 9.84. The van der Waals surface area contributed by atoms with Gasteiger partial charge < -0.3 is 19.9 Å². The van der Waals surface area contributed by atoms with Crippen molar-refractivity contribution in [3.05, 3.63) is 23.3 Å². The summed E-state index contributed by atoms with van der Waals surface area (Å²) in [5.41, 5.74) is 2.36. The molecule has 2 saturated carbocycles. The molecular weight excluding hydrogens is 326 g/mol. The summed E-state index contributed by atoms with van der Waals surface area (Å²) in [6.45, 7) is 7.52. The van der Waals surface area contributed by atoms with Crippen LogP contribution in [0.25, 0.3) is 0 Å². The third-order valence-electron chi connectivity index (χ3n) is 5.57. The van der Waals surface area contributed by atoms with E-state index in [1.165, 1.54) is 44.1 Å². The molecule has 3 rings (SSSR count). The first-order valence-electron chi connectivity index (χ1n) is 10.1. The van der Waals surface area contributed by atoms with Gasteiger partial charge in [-0.2, -0.15) is 0 Å². The zero-order valence-corrected chi connectivity index (χ0v) is 16.8. The monoisotopic (exact) mass is 361 g/mol. The summed E-state index contributed by atoms with van der Waals surface area (Å²) in [4.78, 5) is 0. The predicted octanol–water partition coefficient (Wildman–Crippen LogP) is 4.14. The number of hydrogen-bond acceptors (Lipinski definition) is 4. The van der Waals surface area contributed by atoms with Crippen molar-refractivity contribution in [3.63, 3.8) is 0 Å². The quantitative estimate of drug-likeness (QED) is 0.730. The van der Waals surface area contributed by atoms with Gasteiger partial charge in [0.15, 0.2) is 0 Å². The molecule has 0 radical (unpaired) electrons. The Hall–Kier alpha value is -1.26. The highest BCUT2D eigenvalue weighted by Crippen LogP contribution is 2.49. The first-order chi connectivity index (χ1) is 12.4. The fourth-order valence-electron chi connectivity index (χ4n) is 3.83. The molecule has 2 aliphatic carbocycles. The van der Waals surface area contributed by atoms with Crippen molar-refractivity contribution in [1.82, 2.24) is 5.32 Å². The molecule has 1 unspecified atom stereocenters. The van der Waals surface area contributed by atoms with Crippen molar-refractivity contribution < 1.29 is 14.6 Å². The van der Waals surface area contributed by atoms with Crippen LogP contribution in [0.2, 0.25) is 0 Å². The molecule has 0 spiro atoms. The van der Waals surface area contributed by atoms with Crippen LogP contribution in [0.4, 0.5) is 0 Å². The highest BCUT2D eigenvalue weighted by atomic mass is 16.5. The molecule has 1 aromatic carbocycles. The summed E-state index contributed by atoms with van der Waals surface area (Å²) in [7, 11) is 1.72. The van der Waals surface area contributed by atoms with E-state index < -0.39 is 6.10 Å². The van der Waals surface area contributed by atoms with E-state index in [4.69, 9.17) is 9.47 Å². The minimum atomic E-state index is -0.488. The van der Waals surface area contributed by atoms with Crippen LogP contribution in [0.1, 0.15) is 76.3 Å². The lowest BCUT2D eigenvalue weighted by molar-refractivity contribution is 0.102. The summed E-state index contributed by atoms with van der Waals surface area (Å²) < 4.78 is 11.8. The summed E-state index contributed by atoms with van der Waals surface area (Å²) in [5, 5.41) is 13.9. The van der Waals surface area contributed by atoms with Crippen molar-refractivity contribution in [2.75, 3.05) is 20.3 Å². The van der Waals surface area contributed by atoms with Gasteiger partial charge in [-0.15, -0.1) is 0 Å². The molecule has 0 heterocycles. The first kappa shape index (κ1) is 19.5. The van der Waals surface area contributed by atoms with E-state index in [1.807, 2.05) is 0 Å². The second-order valence-electron chi connectivity index (χ2n) is 8.97. The van der Waals surface area contributed by atoms with Crippen molar-refractivity contribution in [2.45, 2.75) is 82.8 Å². The molecule has 146 valence electrons. The number of aliphatic hydroxyl groups excluding tert-OH is 1. The van der Waals surface area contributed by atoms with Crippen molar-refractivity contribution in [1.29, 1.82) is 0 Å². The molecule has 1 aromatic rings. The second-order valence-corrected chi connectivity index (χ2v) is 8.97. The summed E-state index contributed by atoms with van der Waals surface area (Å²) in [5.74, 6) is 2.42. The van der Waals surface area contributed by atoms with E-state index in [2.05, 4.69) is 38.2 Å². The predicted molar refractivity (Wildman–Crippen MR) is 105 cm³/mol. The minimum Gasteiger partial charge on any atom is -0.497 e. The van der Waals surface area contributed by atoms with Gasteiger partial charge in [-0.1, -0.05) is 33.6 Å². The Bertz CT molecular complexity index is 598. The maximum absolute atomic E-state index is 10.4. The van der Waals surface area contributed by atoms with Crippen LogP contribution < -0.4 is 14.8 Å². The zero-order chi connectivity index (χ0) is 18.7. The number of benzene rings is 1. The Labute approximate surface area is 158 Å². The van der Waals surface area contributed by atoms with E-state index in [1.54, 1.807) is 7.11 Å². The Morgan fingerprint density at radius 2 is 1.85 bits per heavy atom. The molecule has 0 bridgehead atoms. The molecule has 0 aromatic heterocycles. The van der Waals surface area contributed by atoms with E-state index >= 15 is 0 Å². The highest BCUT2D eigenvalue weighted by molar-refractivity contribution is 5.52. The average Bonchev–Trinajstić information content (AvgIpc) is 3.32. The van der Waals surface area contributed by atoms with Gasteiger partial charge in [0, 0.05) is 23.7 Å². The Balaban J connectivity index is 1.70. The SMILES string of the molecule is COc1cc(C2CC2)c(OCC(O)CNC2CCCC2)c(C(C)(C)C)c1. The molecular formula is C22H35NO3. The zero-order valence-electron chi connectivity index (χ0n) is 16.8. The molecule has 4 heteroatoms. The third kappa shape index (κ3) is 4.92. The summed E-state index contributed by atoms with van der Waals surface area (Å²) in [6, 6.07) is 4.77. The van der Waals surface area contributed by atoms with E-state index in [0.29, 0.717) is 25.1 Å². The fraction of sp³-hybridized carbons (Fsp3) is 0.727. The van der Waals surface area contributed by atoms with Crippen molar-refractivity contribution in [3.8, 4) is 11.5 Å². The highest BCUT2D eigenvalue weighted by Gasteiger charge is 2.32. The molecule has 4 nitrogen and oxygen atoms in total. The summed E-state index contributed by atoms with van der Waals surface area (Å²) >= 11 is 0. The Morgan fingerprint density at radius 1 is 1.15 bits per heavy atom. The largest absolute Gasteiger partial charge is 0.497 e. The van der Waals surface area contributed by atoms with Crippen LogP contribution in [-0.4, -0.2) is 37.5 Å². The van der Waals surface area contributed by atoms with Crippen LogP contribution in [-0.2, 0) is 5.41 Å². The molecule has 26 heavy (non-hydrogen) atoms. The second kappa shape index (κ2) is 8.18. The van der Waals surface area contributed by atoms with E-state index in [-0.39, 0.29) is 5.41 Å². The van der Waals surface area contributed by atoms with Crippen LogP contribution in [0.15, 0.2) is 12.1 Å². The topological polar surface area (TPSA) is 50.7 Å². The average molecular weight is 362 g/mol. The normalized spacial score (nSPS) is 19.6. The van der Waals surface area contributed by atoms with Gasteiger partial charge in [0.05, 0.1) is 7.11 Å². The van der Waals surface area contributed by atoms with Crippen LogP contribution in [0.5, 0.6) is 11.5 Å². The standard InChI is InChI=1S/C22H35NO3/c1-22(2,3)20-12-18(25-4)11-19(15-9-10-15)21(20)26-14-17(24)13-23-16-7-5-6-8-16/h11-12,15-17,23-24H,5-10,13-14H2,1-4H3. The minimum absolute atomic E-state index is 0.0411. The van der Waals surface area contributed by atoms with Gasteiger partial charge >= 0.3 is 0 Å². The molecule has 2 N–H and O–H groups in total. The van der Waals surface area contributed by atoms with Crippen LogP contribution in [0, 0.1) is 0 Å². The van der Waals surface area contributed by atoms with Gasteiger partial charge in [0.25, 0.3) is 0 Å². The van der Waals surface area contributed by atoms with Crippen molar-refractivity contribution >= 4 is 0 Å². The number of rotatable bonds is 8. The smallest absolute Gasteiger partial charge is 0.126 e. The van der Waals surface area contributed by atoms with E-state index in [0.717, 1.165) is 17.1 Å². The molecule has 2 fully saturated rings. The van der Waals surface area contributed by atoms with Gasteiger partial charge in [0.1, 0.15) is 24.2 Å². The van der Waals surface area contributed by atoms with E-state index in [9.17, 15) is 5.11 Å². The molecule has 1 atom stereocenters. The van der Waals surface area contributed by atoms with Crippen LogP contribution in [0.3, 0.4) is 0 Å². The third-order valence-corrected chi connectivity index (χ3v) is 5.57. The number of ether oxygens (including phenoxy) is 2.